The minimum atomic E-state index is 0.107. The molecule has 1 aromatic carbocycles. The van der Waals surface area contributed by atoms with Gasteiger partial charge in [0.15, 0.2) is 0 Å². The van der Waals surface area contributed by atoms with E-state index in [4.69, 9.17) is 9.15 Å². The molecule has 7 nitrogen and oxygen atoms in total. The Balaban J connectivity index is 1.76. The van der Waals surface area contributed by atoms with Crippen molar-refractivity contribution < 1.29 is 13.9 Å². The highest BCUT2D eigenvalue weighted by atomic mass is 16.5. The summed E-state index contributed by atoms with van der Waals surface area (Å²) < 4.78 is 11.7. The lowest BCUT2D eigenvalue weighted by Crippen LogP contribution is -2.33. The van der Waals surface area contributed by atoms with Crippen molar-refractivity contribution in [3.05, 3.63) is 24.3 Å². The summed E-state index contributed by atoms with van der Waals surface area (Å²) >= 11 is 0. The standard InChI is InChI=1S/C18H24N4O3/c1-3-13-24-16-8-5-4-7-15(16)17-19-20-18(25-17)22-10-6-9-21(11-12-22)14(2)23/h4-5,7-8H,3,6,9-13H2,1-2H3. The first-order chi connectivity index (χ1) is 12.2. The van der Waals surface area contributed by atoms with Gasteiger partial charge in [0.25, 0.3) is 5.89 Å². The summed E-state index contributed by atoms with van der Waals surface area (Å²) in [5, 5.41) is 8.40. The number of amides is 1. The van der Waals surface area contributed by atoms with E-state index in [1.807, 2.05) is 34.1 Å². The molecule has 2 heterocycles. The molecule has 0 radical (unpaired) electrons. The molecule has 25 heavy (non-hydrogen) atoms. The third kappa shape index (κ3) is 4.10. The average molecular weight is 344 g/mol. The van der Waals surface area contributed by atoms with Crippen molar-refractivity contribution in [3.8, 4) is 17.2 Å². The predicted molar refractivity (Wildman–Crippen MR) is 94.6 cm³/mol. The zero-order valence-electron chi connectivity index (χ0n) is 14.8. The lowest BCUT2D eigenvalue weighted by Gasteiger charge is -2.19. The molecule has 0 aliphatic carbocycles. The zero-order valence-corrected chi connectivity index (χ0v) is 14.8. The second-order valence-electron chi connectivity index (χ2n) is 6.08. The molecule has 1 aliphatic heterocycles. The molecule has 0 N–H and O–H groups in total. The van der Waals surface area contributed by atoms with Crippen LogP contribution in [0.15, 0.2) is 28.7 Å². The molecule has 1 aromatic heterocycles. The van der Waals surface area contributed by atoms with Gasteiger partial charge < -0.3 is 19.0 Å². The molecule has 3 rings (SSSR count). The van der Waals surface area contributed by atoms with Crippen LogP contribution in [0.25, 0.3) is 11.5 Å². The van der Waals surface area contributed by atoms with Crippen LogP contribution in [0.1, 0.15) is 26.7 Å². The first kappa shape index (κ1) is 17.3. The lowest BCUT2D eigenvalue weighted by molar-refractivity contribution is -0.128. The number of ether oxygens (including phenoxy) is 1. The van der Waals surface area contributed by atoms with Gasteiger partial charge in [-0.05, 0) is 25.0 Å². The van der Waals surface area contributed by atoms with E-state index >= 15 is 0 Å². The molecule has 1 saturated heterocycles. The van der Waals surface area contributed by atoms with Crippen LogP contribution in [-0.2, 0) is 4.79 Å². The number of carbonyl (C=O) groups excluding carboxylic acids is 1. The molecule has 1 amide bonds. The van der Waals surface area contributed by atoms with Crippen LogP contribution in [0.5, 0.6) is 5.75 Å². The molecule has 134 valence electrons. The maximum atomic E-state index is 11.5. The highest BCUT2D eigenvalue weighted by molar-refractivity contribution is 5.73. The SMILES string of the molecule is CCCOc1ccccc1-c1nnc(N2CCCN(C(C)=O)CC2)o1. The summed E-state index contributed by atoms with van der Waals surface area (Å²) in [6.07, 6.45) is 1.82. The van der Waals surface area contributed by atoms with Gasteiger partial charge in [-0.15, -0.1) is 5.10 Å². The summed E-state index contributed by atoms with van der Waals surface area (Å²) in [5.74, 6) is 1.31. The molecule has 7 heteroatoms. The first-order valence-electron chi connectivity index (χ1n) is 8.75. The summed E-state index contributed by atoms with van der Waals surface area (Å²) in [6.45, 7) is 7.23. The molecular weight excluding hydrogens is 320 g/mol. The smallest absolute Gasteiger partial charge is 0.318 e. The maximum absolute atomic E-state index is 11.5. The third-order valence-electron chi connectivity index (χ3n) is 4.21. The van der Waals surface area contributed by atoms with E-state index in [0.717, 1.165) is 37.2 Å². The largest absolute Gasteiger partial charge is 0.493 e. The Bertz CT molecular complexity index is 716. The summed E-state index contributed by atoms with van der Waals surface area (Å²) in [4.78, 5) is 15.4. The van der Waals surface area contributed by atoms with Crippen molar-refractivity contribution in [2.75, 3.05) is 37.7 Å². The van der Waals surface area contributed by atoms with E-state index in [1.165, 1.54) is 0 Å². The van der Waals surface area contributed by atoms with Crippen LogP contribution in [0.3, 0.4) is 0 Å². The molecule has 0 spiro atoms. The highest BCUT2D eigenvalue weighted by Gasteiger charge is 2.21. The van der Waals surface area contributed by atoms with E-state index < -0.39 is 0 Å². The average Bonchev–Trinajstić information content (AvgIpc) is 2.97. The number of aromatic nitrogens is 2. The van der Waals surface area contributed by atoms with Gasteiger partial charge in [0, 0.05) is 33.1 Å². The molecule has 0 unspecified atom stereocenters. The fourth-order valence-electron chi connectivity index (χ4n) is 2.86. The molecule has 1 fully saturated rings. The molecule has 2 aromatic rings. The van der Waals surface area contributed by atoms with Crippen molar-refractivity contribution >= 4 is 11.9 Å². The number of nitrogens with zero attached hydrogens (tertiary/aromatic N) is 4. The van der Waals surface area contributed by atoms with Gasteiger partial charge in [-0.2, -0.15) is 0 Å². The van der Waals surface area contributed by atoms with Gasteiger partial charge in [0.2, 0.25) is 5.91 Å². The van der Waals surface area contributed by atoms with E-state index in [1.54, 1.807) is 6.92 Å². The Morgan fingerprint density at radius 3 is 2.84 bits per heavy atom. The third-order valence-corrected chi connectivity index (χ3v) is 4.21. The number of rotatable bonds is 5. The van der Waals surface area contributed by atoms with Crippen molar-refractivity contribution in [1.82, 2.24) is 15.1 Å². The Kier molecular flexibility index (Phi) is 5.53. The highest BCUT2D eigenvalue weighted by Crippen LogP contribution is 2.30. The lowest BCUT2D eigenvalue weighted by atomic mass is 10.2. The van der Waals surface area contributed by atoms with Crippen molar-refractivity contribution in [2.45, 2.75) is 26.7 Å². The van der Waals surface area contributed by atoms with E-state index in [-0.39, 0.29) is 5.91 Å². The van der Waals surface area contributed by atoms with E-state index in [0.29, 0.717) is 31.6 Å². The number of anilines is 1. The minimum absolute atomic E-state index is 0.107. The Hall–Kier alpha value is -2.57. The maximum Gasteiger partial charge on any atom is 0.318 e. The Labute approximate surface area is 147 Å². The summed E-state index contributed by atoms with van der Waals surface area (Å²) in [6, 6.07) is 8.17. The van der Waals surface area contributed by atoms with Crippen molar-refractivity contribution in [2.24, 2.45) is 0 Å². The first-order valence-corrected chi connectivity index (χ1v) is 8.75. The number of para-hydroxylation sites is 1. The normalized spacial score (nSPS) is 15.1. The molecular formula is C18H24N4O3. The second kappa shape index (κ2) is 8.00. The number of hydrogen-bond donors (Lipinski definition) is 0. The van der Waals surface area contributed by atoms with Crippen LogP contribution in [-0.4, -0.2) is 53.8 Å². The van der Waals surface area contributed by atoms with Gasteiger partial charge in [-0.1, -0.05) is 24.2 Å². The van der Waals surface area contributed by atoms with Gasteiger partial charge in [0.05, 0.1) is 12.2 Å². The van der Waals surface area contributed by atoms with Gasteiger partial charge in [-0.3, -0.25) is 4.79 Å². The molecule has 1 aliphatic rings. The summed E-state index contributed by atoms with van der Waals surface area (Å²) in [7, 11) is 0. The second-order valence-corrected chi connectivity index (χ2v) is 6.08. The quantitative estimate of drug-likeness (QED) is 0.830. The number of carbonyl (C=O) groups is 1. The van der Waals surface area contributed by atoms with Gasteiger partial charge in [-0.25, -0.2) is 0 Å². The number of hydrogen-bond acceptors (Lipinski definition) is 6. The van der Waals surface area contributed by atoms with Crippen LogP contribution in [0, 0.1) is 0 Å². The van der Waals surface area contributed by atoms with Crippen LogP contribution < -0.4 is 9.64 Å². The van der Waals surface area contributed by atoms with E-state index in [2.05, 4.69) is 17.1 Å². The Morgan fingerprint density at radius 2 is 2.04 bits per heavy atom. The monoisotopic (exact) mass is 344 g/mol. The molecule has 0 saturated carbocycles. The fraction of sp³-hybridized carbons (Fsp3) is 0.500. The van der Waals surface area contributed by atoms with Crippen molar-refractivity contribution in [1.29, 1.82) is 0 Å². The predicted octanol–water partition coefficient (Wildman–Crippen LogP) is 2.58. The van der Waals surface area contributed by atoms with Crippen LogP contribution in [0.2, 0.25) is 0 Å². The fourth-order valence-corrected chi connectivity index (χ4v) is 2.86. The van der Waals surface area contributed by atoms with Crippen molar-refractivity contribution in [3.63, 3.8) is 0 Å². The topological polar surface area (TPSA) is 71.7 Å². The minimum Gasteiger partial charge on any atom is -0.493 e. The number of benzene rings is 1. The molecule has 0 atom stereocenters. The Morgan fingerprint density at radius 1 is 1.20 bits per heavy atom. The summed E-state index contributed by atoms with van der Waals surface area (Å²) in [5.41, 5.74) is 0.801. The zero-order chi connectivity index (χ0) is 17.6. The molecule has 0 bridgehead atoms. The van der Waals surface area contributed by atoms with Crippen LogP contribution >= 0.6 is 0 Å². The van der Waals surface area contributed by atoms with Crippen LogP contribution in [0.4, 0.5) is 6.01 Å². The van der Waals surface area contributed by atoms with Gasteiger partial charge in [0.1, 0.15) is 5.75 Å². The van der Waals surface area contributed by atoms with Gasteiger partial charge >= 0.3 is 6.01 Å². The van der Waals surface area contributed by atoms with E-state index in [9.17, 15) is 4.79 Å².